The quantitative estimate of drug-likeness (QED) is 0.747. The smallest absolute Gasteiger partial charge is 0.156 e. The highest BCUT2D eigenvalue weighted by molar-refractivity contribution is 5.22. The van der Waals surface area contributed by atoms with Crippen LogP contribution in [-0.4, -0.2) is 14.9 Å². The zero-order valence-corrected chi connectivity index (χ0v) is 7.91. The third kappa shape index (κ3) is 1.78. The van der Waals surface area contributed by atoms with Gasteiger partial charge >= 0.3 is 0 Å². The van der Waals surface area contributed by atoms with E-state index in [4.69, 9.17) is 0 Å². The molecule has 3 nitrogen and oxygen atoms in total. The van der Waals surface area contributed by atoms with Gasteiger partial charge in [0, 0.05) is 6.54 Å². The van der Waals surface area contributed by atoms with Crippen LogP contribution in [0.2, 0.25) is 0 Å². The molecule has 0 fully saturated rings. The molecule has 0 unspecified atom stereocenters. The molecular weight excluding hydrogens is 152 g/mol. The molecule has 0 saturated carbocycles. The third-order valence-electron chi connectivity index (χ3n) is 1.80. The van der Waals surface area contributed by atoms with Gasteiger partial charge in [-0.15, -0.1) is 0 Å². The van der Waals surface area contributed by atoms with Crippen LogP contribution in [0.1, 0.15) is 26.5 Å². The van der Waals surface area contributed by atoms with Crippen LogP contribution in [-0.2, 0) is 13.0 Å². The van der Waals surface area contributed by atoms with Gasteiger partial charge in [0.05, 0.1) is 11.9 Å². The molecule has 0 amide bonds. The van der Waals surface area contributed by atoms with Gasteiger partial charge in [0.25, 0.3) is 0 Å². The lowest BCUT2D eigenvalue weighted by molar-refractivity contribution is 0.446. The Morgan fingerprint density at radius 1 is 1.58 bits per heavy atom. The van der Waals surface area contributed by atoms with E-state index in [9.17, 15) is 5.11 Å². The summed E-state index contributed by atoms with van der Waals surface area (Å²) in [6.07, 6.45) is 2.35. The Bertz CT molecular complexity index is 253. The van der Waals surface area contributed by atoms with Crippen LogP contribution in [0.4, 0.5) is 0 Å². The van der Waals surface area contributed by atoms with Gasteiger partial charge in [-0.3, -0.25) is 4.68 Å². The Kier molecular flexibility index (Phi) is 2.74. The molecule has 0 aliphatic carbocycles. The van der Waals surface area contributed by atoms with Crippen molar-refractivity contribution in [2.75, 3.05) is 0 Å². The summed E-state index contributed by atoms with van der Waals surface area (Å²) in [7, 11) is 0. The fraction of sp³-hybridized carbons (Fsp3) is 0.667. The van der Waals surface area contributed by atoms with Crippen molar-refractivity contribution in [2.45, 2.75) is 33.7 Å². The summed E-state index contributed by atoms with van der Waals surface area (Å²) in [6.45, 7) is 7.17. The van der Waals surface area contributed by atoms with Crippen molar-refractivity contribution >= 4 is 0 Å². The molecule has 1 rings (SSSR count). The Morgan fingerprint density at radius 3 is 2.75 bits per heavy atom. The summed E-state index contributed by atoms with van der Waals surface area (Å²) in [6, 6.07) is 0. The standard InChI is InChI=1S/C9H16N2O/c1-4-8-9(12)5-10-11(8)6-7(2)3/h5,7,12H,4,6H2,1-3H3. The van der Waals surface area contributed by atoms with Crippen LogP contribution in [0.25, 0.3) is 0 Å². The van der Waals surface area contributed by atoms with Crippen molar-refractivity contribution in [3.05, 3.63) is 11.9 Å². The minimum Gasteiger partial charge on any atom is -0.504 e. The summed E-state index contributed by atoms with van der Waals surface area (Å²) >= 11 is 0. The fourth-order valence-electron chi connectivity index (χ4n) is 1.27. The second-order valence-electron chi connectivity index (χ2n) is 3.41. The molecule has 0 aliphatic rings. The van der Waals surface area contributed by atoms with Crippen LogP contribution in [0.15, 0.2) is 6.20 Å². The predicted octanol–water partition coefficient (Wildman–Crippen LogP) is 1.81. The Morgan fingerprint density at radius 2 is 2.25 bits per heavy atom. The van der Waals surface area contributed by atoms with Crippen LogP contribution in [0, 0.1) is 5.92 Å². The van der Waals surface area contributed by atoms with Crippen molar-refractivity contribution in [3.63, 3.8) is 0 Å². The van der Waals surface area contributed by atoms with E-state index >= 15 is 0 Å². The summed E-state index contributed by atoms with van der Waals surface area (Å²) in [5, 5.41) is 13.5. The minimum atomic E-state index is 0.318. The summed E-state index contributed by atoms with van der Waals surface area (Å²) in [5.41, 5.74) is 0.934. The molecule has 1 heterocycles. The molecule has 68 valence electrons. The maximum Gasteiger partial charge on any atom is 0.156 e. The van der Waals surface area contributed by atoms with E-state index < -0.39 is 0 Å². The van der Waals surface area contributed by atoms with E-state index in [1.807, 2.05) is 11.6 Å². The molecule has 0 bridgehead atoms. The number of hydrogen-bond donors (Lipinski definition) is 1. The van der Waals surface area contributed by atoms with Crippen molar-refractivity contribution in [1.82, 2.24) is 9.78 Å². The largest absolute Gasteiger partial charge is 0.504 e. The average Bonchev–Trinajstić information content (AvgIpc) is 2.30. The molecule has 0 radical (unpaired) electrons. The molecule has 12 heavy (non-hydrogen) atoms. The van der Waals surface area contributed by atoms with E-state index in [-0.39, 0.29) is 0 Å². The monoisotopic (exact) mass is 168 g/mol. The van der Waals surface area contributed by atoms with Gasteiger partial charge in [0.2, 0.25) is 0 Å². The first-order valence-electron chi connectivity index (χ1n) is 4.38. The van der Waals surface area contributed by atoms with E-state index in [0.29, 0.717) is 11.7 Å². The molecule has 0 aliphatic heterocycles. The Hall–Kier alpha value is -0.990. The topological polar surface area (TPSA) is 38.1 Å². The van der Waals surface area contributed by atoms with Gasteiger partial charge in [-0.25, -0.2) is 0 Å². The average molecular weight is 168 g/mol. The lowest BCUT2D eigenvalue weighted by atomic mass is 10.2. The van der Waals surface area contributed by atoms with Crippen LogP contribution < -0.4 is 0 Å². The van der Waals surface area contributed by atoms with Gasteiger partial charge in [-0.1, -0.05) is 20.8 Å². The van der Waals surface area contributed by atoms with Crippen molar-refractivity contribution in [3.8, 4) is 5.75 Å². The first kappa shape index (κ1) is 9.10. The van der Waals surface area contributed by atoms with Gasteiger partial charge in [-0.05, 0) is 12.3 Å². The zero-order valence-electron chi connectivity index (χ0n) is 7.91. The van der Waals surface area contributed by atoms with Gasteiger partial charge in [0.15, 0.2) is 5.75 Å². The molecule has 1 aromatic heterocycles. The fourth-order valence-corrected chi connectivity index (χ4v) is 1.27. The minimum absolute atomic E-state index is 0.318. The summed E-state index contributed by atoms with van der Waals surface area (Å²) < 4.78 is 1.88. The molecule has 0 saturated heterocycles. The highest BCUT2D eigenvalue weighted by atomic mass is 16.3. The number of rotatable bonds is 3. The second kappa shape index (κ2) is 3.61. The normalized spacial score (nSPS) is 11.0. The predicted molar refractivity (Wildman–Crippen MR) is 48.1 cm³/mol. The van der Waals surface area contributed by atoms with E-state index in [0.717, 1.165) is 18.7 Å². The van der Waals surface area contributed by atoms with Crippen LogP contribution in [0.5, 0.6) is 5.75 Å². The highest BCUT2D eigenvalue weighted by Gasteiger charge is 2.07. The lowest BCUT2D eigenvalue weighted by Crippen LogP contribution is -2.08. The SMILES string of the molecule is CCc1c(O)cnn1CC(C)C. The van der Waals surface area contributed by atoms with E-state index in [2.05, 4.69) is 18.9 Å². The maximum absolute atomic E-state index is 9.36. The summed E-state index contributed by atoms with van der Waals surface area (Å²) in [5.74, 6) is 0.882. The molecule has 1 N–H and O–H groups in total. The number of nitrogens with zero attached hydrogens (tertiary/aromatic N) is 2. The van der Waals surface area contributed by atoms with Crippen molar-refractivity contribution in [1.29, 1.82) is 0 Å². The molecular formula is C9H16N2O. The number of aromatic nitrogens is 2. The first-order valence-corrected chi connectivity index (χ1v) is 4.38. The maximum atomic E-state index is 9.36. The lowest BCUT2D eigenvalue weighted by Gasteiger charge is -2.07. The second-order valence-corrected chi connectivity index (χ2v) is 3.41. The van der Waals surface area contributed by atoms with Crippen molar-refractivity contribution in [2.24, 2.45) is 5.92 Å². The molecule has 0 spiro atoms. The Balaban J connectivity index is 2.84. The van der Waals surface area contributed by atoms with Crippen LogP contribution in [0.3, 0.4) is 0 Å². The molecule has 1 aromatic rings. The van der Waals surface area contributed by atoms with Gasteiger partial charge < -0.3 is 5.11 Å². The van der Waals surface area contributed by atoms with E-state index in [1.54, 1.807) is 0 Å². The highest BCUT2D eigenvalue weighted by Crippen LogP contribution is 2.17. The first-order chi connectivity index (χ1) is 5.65. The Labute approximate surface area is 73.0 Å². The molecule has 0 aromatic carbocycles. The number of aromatic hydroxyl groups is 1. The number of hydrogen-bond acceptors (Lipinski definition) is 2. The van der Waals surface area contributed by atoms with Gasteiger partial charge in [0.1, 0.15) is 0 Å². The van der Waals surface area contributed by atoms with Gasteiger partial charge in [-0.2, -0.15) is 5.10 Å². The molecule has 0 atom stereocenters. The summed E-state index contributed by atoms with van der Waals surface area (Å²) in [4.78, 5) is 0. The molecule has 3 heteroatoms. The van der Waals surface area contributed by atoms with Crippen molar-refractivity contribution < 1.29 is 5.11 Å². The van der Waals surface area contributed by atoms with Crippen LogP contribution >= 0.6 is 0 Å². The zero-order chi connectivity index (χ0) is 9.14. The third-order valence-corrected chi connectivity index (χ3v) is 1.80. The van der Waals surface area contributed by atoms with E-state index in [1.165, 1.54) is 6.20 Å².